The van der Waals surface area contributed by atoms with Crippen LogP contribution in [0.15, 0.2) is 30.3 Å². The summed E-state index contributed by atoms with van der Waals surface area (Å²) in [6.07, 6.45) is 0. The summed E-state index contributed by atoms with van der Waals surface area (Å²) in [4.78, 5) is 0. The zero-order chi connectivity index (χ0) is 10.4. The fourth-order valence-corrected chi connectivity index (χ4v) is 7.96. The Kier molecular flexibility index (Phi) is 5.34. The van der Waals surface area contributed by atoms with Crippen molar-refractivity contribution in [3.8, 4) is 0 Å². The van der Waals surface area contributed by atoms with Crippen molar-refractivity contribution in [2.45, 2.75) is 19.6 Å². The fraction of sp³-hybridized carbons (Fsp3) is 0.333. The summed E-state index contributed by atoms with van der Waals surface area (Å²) in [6.45, 7) is 6.50. The van der Waals surface area contributed by atoms with Crippen LogP contribution in [0.1, 0.15) is 0 Å². The van der Waals surface area contributed by atoms with E-state index in [1.807, 2.05) is 6.07 Å². The molecule has 0 amide bonds. The lowest BCUT2D eigenvalue weighted by Gasteiger charge is -2.17. The summed E-state index contributed by atoms with van der Waals surface area (Å²) >= 11 is 0. The first-order valence-electron chi connectivity index (χ1n) is 5.06. The highest BCUT2D eigenvalue weighted by molar-refractivity contribution is 6.73. The molecule has 0 heterocycles. The predicted molar refractivity (Wildman–Crippen MR) is 68.7 cm³/mol. The molecule has 0 fully saturated rings. The molecule has 0 aliphatic heterocycles. The second-order valence-electron chi connectivity index (χ2n) is 3.21. The third-order valence-corrected chi connectivity index (χ3v) is 9.77. The van der Waals surface area contributed by atoms with Gasteiger partial charge in [0.15, 0.2) is 9.04 Å². The molecule has 1 rings (SSSR count). The maximum Gasteiger partial charge on any atom is 0.297 e. The average Bonchev–Trinajstić information content (AvgIpc) is 2.19. The van der Waals surface area contributed by atoms with Gasteiger partial charge in [-0.1, -0.05) is 36.9 Å². The van der Waals surface area contributed by atoms with Crippen LogP contribution in [0.2, 0.25) is 19.6 Å². The number of benzene rings is 1. The molecular weight excluding hydrogens is 224 g/mol. The molecule has 0 saturated carbocycles. The third kappa shape index (κ3) is 3.89. The molecule has 5 heteroatoms. The van der Waals surface area contributed by atoms with Crippen molar-refractivity contribution in [1.82, 2.24) is 0 Å². The van der Waals surface area contributed by atoms with Crippen LogP contribution in [-0.2, 0) is 8.23 Å². The monoisotopic (exact) mass is 242 g/mol. The summed E-state index contributed by atoms with van der Waals surface area (Å²) < 4.78 is 11.6. The number of hydrogen-bond acceptors (Lipinski definition) is 2. The van der Waals surface area contributed by atoms with E-state index >= 15 is 0 Å². The molecular formula is C9H18O2Si3. The summed E-state index contributed by atoms with van der Waals surface area (Å²) in [7, 11) is -2.79. The Morgan fingerprint density at radius 3 is 2.36 bits per heavy atom. The topological polar surface area (TPSA) is 18.5 Å². The van der Waals surface area contributed by atoms with Crippen molar-refractivity contribution in [2.75, 3.05) is 0 Å². The summed E-state index contributed by atoms with van der Waals surface area (Å²) in [6, 6.07) is 10.5. The Labute approximate surface area is 91.8 Å². The SMILES string of the molecule is C[SiH2]O[SiH](C)O[SiH](C)c1ccccc1. The van der Waals surface area contributed by atoms with Crippen molar-refractivity contribution in [1.29, 1.82) is 0 Å². The van der Waals surface area contributed by atoms with Crippen LogP contribution < -0.4 is 5.19 Å². The highest BCUT2D eigenvalue weighted by Gasteiger charge is 2.12. The lowest BCUT2D eigenvalue weighted by atomic mass is 10.4. The lowest BCUT2D eigenvalue weighted by Crippen LogP contribution is -2.36. The van der Waals surface area contributed by atoms with Crippen LogP contribution in [0.25, 0.3) is 0 Å². The van der Waals surface area contributed by atoms with E-state index in [0.717, 1.165) is 0 Å². The highest BCUT2D eigenvalue weighted by Crippen LogP contribution is 1.94. The van der Waals surface area contributed by atoms with Gasteiger partial charge in [-0.3, -0.25) is 0 Å². The van der Waals surface area contributed by atoms with E-state index in [0.29, 0.717) is 0 Å². The minimum Gasteiger partial charge on any atom is -0.444 e. The van der Waals surface area contributed by atoms with Gasteiger partial charge in [-0.2, -0.15) is 0 Å². The zero-order valence-corrected chi connectivity index (χ0v) is 12.8. The molecule has 2 nitrogen and oxygen atoms in total. The van der Waals surface area contributed by atoms with Crippen LogP contribution in [0, 0.1) is 0 Å². The molecule has 0 aliphatic carbocycles. The fourth-order valence-electron chi connectivity index (χ4n) is 1.36. The van der Waals surface area contributed by atoms with E-state index in [4.69, 9.17) is 8.23 Å². The first kappa shape index (κ1) is 11.9. The molecule has 78 valence electrons. The number of rotatable bonds is 5. The molecule has 2 atom stereocenters. The van der Waals surface area contributed by atoms with Gasteiger partial charge in [0, 0.05) is 0 Å². The normalized spacial score (nSPS) is 15.9. The van der Waals surface area contributed by atoms with Gasteiger partial charge in [0.2, 0.25) is 0 Å². The molecule has 2 unspecified atom stereocenters. The van der Waals surface area contributed by atoms with Crippen LogP contribution in [0.3, 0.4) is 0 Å². The maximum atomic E-state index is 5.97. The zero-order valence-electron chi connectivity index (χ0n) is 9.07. The first-order chi connectivity index (χ1) is 6.74. The second-order valence-corrected chi connectivity index (χ2v) is 9.30. The third-order valence-electron chi connectivity index (χ3n) is 2.07. The van der Waals surface area contributed by atoms with Crippen molar-refractivity contribution >= 4 is 33.3 Å². The van der Waals surface area contributed by atoms with E-state index in [1.54, 1.807) is 0 Å². The smallest absolute Gasteiger partial charge is 0.297 e. The van der Waals surface area contributed by atoms with Crippen molar-refractivity contribution < 1.29 is 8.23 Å². The van der Waals surface area contributed by atoms with Gasteiger partial charge in [-0.15, -0.1) is 0 Å². The highest BCUT2D eigenvalue weighted by atomic mass is 28.4. The Hall–Kier alpha value is -0.209. The van der Waals surface area contributed by atoms with Gasteiger partial charge < -0.3 is 8.23 Å². The van der Waals surface area contributed by atoms with Crippen LogP contribution in [0.5, 0.6) is 0 Å². The van der Waals surface area contributed by atoms with Gasteiger partial charge in [-0.25, -0.2) is 0 Å². The van der Waals surface area contributed by atoms with Crippen molar-refractivity contribution in [2.24, 2.45) is 0 Å². The van der Waals surface area contributed by atoms with Gasteiger partial charge in [0.1, 0.15) is 9.76 Å². The van der Waals surface area contributed by atoms with Crippen LogP contribution in [-0.4, -0.2) is 28.1 Å². The molecule has 0 radical (unpaired) electrons. The molecule has 14 heavy (non-hydrogen) atoms. The summed E-state index contributed by atoms with van der Waals surface area (Å²) in [5.74, 6) is 0. The Morgan fingerprint density at radius 1 is 1.14 bits per heavy atom. The van der Waals surface area contributed by atoms with Crippen LogP contribution >= 0.6 is 0 Å². The Balaban J connectivity index is 2.46. The van der Waals surface area contributed by atoms with Crippen molar-refractivity contribution in [3.63, 3.8) is 0 Å². The lowest BCUT2D eigenvalue weighted by molar-refractivity contribution is 0.460. The van der Waals surface area contributed by atoms with Gasteiger partial charge >= 0.3 is 0 Å². The summed E-state index contributed by atoms with van der Waals surface area (Å²) in [5.41, 5.74) is 0. The molecule has 0 saturated heterocycles. The van der Waals surface area contributed by atoms with E-state index in [9.17, 15) is 0 Å². The van der Waals surface area contributed by atoms with E-state index < -0.39 is 18.3 Å². The molecule has 0 N–H and O–H groups in total. The first-order valence-corrected chi connectivity index (χ1v) is 11.3. The van der Waals surface area contributed by atoms with Gasteiger partial charge in [0.05, 0.1) is 0 Å². The van der Waals surface area contributed by atoms with Gasteiger partial charge in [-0.05, 0) is 18.3 Å². The summed E-state index contributed by atoms with van der Waals surface area (Å²) in [5, 5.41) is 1.37. The van der Waals surface area contributed by atoms with E-state index in [2.05, 4.69) is 43.9 Å². The largest absolute Gasteiger partial charge is 0.444 e. The molecule has 1 aromatic rings. The Bertz CT molecular complexity index is 255. The molecule has 0 bridgehead atoms. The standard InChI is InChI=1S/C9H18O2Si3/c1-12-10-14(3)11-13(2)9-7-5-4-6-8-9/h4-8,13-14H,12H2,1-3H3. The minimum absolute atomic E-state index is 0.297. The predicted octanol–water partition coefficient (Wildman–Crippen LogP) is 0.263. The molecule has 1 aromatic carbocycles. The molecule has 0 spiro atoms. The number of hydrogen-bond donors (Lipinski definition) is 0. The second kappa shape index (κ2) is 6.31. The Morgan fingerprint density at radius 2 is 1.79 bits per heavy atom. The van der Waals surface area contributed by atoms with Crippen molar-refractivity contribution in [3.05, 3.63) is 30.3 Å². The quantitative estimate of drug-likeness (QED) is 0.690. The minimum atomic E-state index is -1.31. The maximum absolute atomic E-state index is 5.97. The van der Waals surface area contributed by atoms with Gasteiger partial charge in [0.25, 0.3) is 9.28 Å². The average molecular weight is 242 g/mol. The van der Waals surface area contributed by atoms with Crippen LogP contribution in [0.4, 0.5) is 0 Å². The molecule has 0 aliphatic rings. The van der Waals surface area contributed by atoms with E-state index in [-0.39, 0.29) is 9.76 Å². The van der Waals surface area contributed by atoms with E-state index in [1.165, 1.54) is 5.19 Å². The molecule has 0 aromatic heterocycles.